The minimum Gasteiger partial charge on any atom is -0.368 e. The summed E-state index contributed by atoms with van der Waals surface area (Å²) in [4.78, 5) is 32.8. The Labute approximate surface area is 162 Å². The van der Waals surface area contributed by atoms with Crippen molar-refractivity contribution in [1.29, 1.82) is 0 Å². The number of hydrazine groups is 1. The minimum atomic E-state index is -0.475. The van der Waals surface area contributed by atoms with Crippen LogP contribution in [0.5, 0.6) is 0 Å². The molecule has 1 aliphatic heterocycles. The number of ether oxygens (including phenoxy) is 1. The van der Waals surface area contributed by atoms with Gasteiger partial charge in [0.2, 0.25) is 0 Å². The number of hydrogen-bond acceptors (Lipinski definition) is 6. The number of carbonyl (C=O) groups excluding carboxylic acids is 2. The van der Waals surface area contributed by atoms with Crippen LogP contribution in [0.15, 0.2) is 35.5 Å². The van der Waals surface area contributed by atoms with E-state index >= 15 is 0 Å². The molecule has 1 unspecified atom stereocenters. The number of hydrogen-bond donors (Lipinski definition) is 2. The zero-order chi connectivity index (χ0) is 19.2. The SMILES string of the molecule is Cc1cc(C)nc(SCc2ccc(C(=O)NNC(=O)C3CCCO3)cc2)n1. The van der Waals surface area contributed by atoms with E-state index in [1.54, 1.807) is 23.9 Å². The van der Waals surface area contributed by atoms with Crippen LogP contribution >= 0.6 is 11.8 Å². The highest BCUT2D eigenvalue weighted by atomic mass is 32.2. The van der Waals surface area contributed by atoms with E-state index in [1.807, 2.05) is 32.0 Å². The van der Waals surface area contributed by atoms with Gasteiger partial charge in [-0.2, -0.15) is 0 Å². The van der Waals surface area contributed by atoms with Crippen LogP contribution in [0.1, 0.15) is 40.2 Å². The molecule has 1 atom stereocenters. The van der Waals surface area contributed by atoms with Gasteiger partial charge in [0, 0.05) is 29.3 Å². The van der Waals surface area contributed by atoms with Crippen molar-refractivity contribution in [3.63, 3.8) is 0 Å². The average Bonchev–Trinajstić information content (AvgIpc) is 3.19. The molecule has 2 heterocycles. The maximum absolute atomic E-state index is 12.1. The number of benzene rings is 1. The zero-order valence-corrected chi connectivity index (χ0v) is 16.1. The summed E-state index contributed by atoms with van der Waals surface area (Å²) in [5.74, 6) is 0.0288. The molecule has 0 bridgehead atoms. The fourth-order valence-electron chi connectivity index (χ4n) is 2.71. The molecule has 1 aromatic heterocycles. The van der Waals surface area contributed by atoms with Crippen molar-refractivity contribution in [2.45, 2.75) is 43.7 Å². The van der Waals surface area contributed by atoms with Crippen molar-refractivity contribution in [1.82, 2.24) is 20.8 Å². The fourth-order valence-corrected chi connectivity index (χ4v) is 3.62. The molecular formula is C19H22N4O3S. The van der Waals surface area contributed by atoms with Crippen LogP contribution in [0.4, 0.5) is 0 Å². The van der Waals surface area contributed by atoms with Gasteiger partial charge in [-0.1, -0.05) is 23.9 Å². The van der Waals surface area contributed by atoms with Gasteiger partial charge in [0.1, 0.15) is 6.10 Å². The van der Waals surface area contributed by atoms with E-state index in [0.29, 0.717) is 24.3 Å². The molecule has 0 spiro atoms. The Morgan fingerprint density at radius 2 is 1.85 bits per heavy atom. The molecule has 1 aromatic carbocycles. The van der Waals surface area contributed by atoms with E-state index in [2.05, 4.69) is 20.8 Å². The van der Waals surface area contributed by atoms with Gasteiger partial charge in [0.05, 0.1) is 0 Å². The van der Waals surface area contributed by atoms with Crippen LogP contribution in [-0.2, 0) is 15.3 Å². The number of rotatable bonds is 5. The van der Waals surface area contributed by atoms with E-state index in [9.17, 15) is 9.59 Å². The molecule has 1 saturated heterocycles. The highest BCUT2D eigenvalue weighted by molar-refractivity contribution is 7.98. The van der Waals surface area contributed by atoms with Crippen LogP contribution in [0.2, 0.25) is 0 Å². The van der Waals surface area contributed by atoms with Crippen LogP contribution in [0.25, 0.3) is 0 Å². The topological polar surface area (TPSA) is 93.2 Å². The largest absolute Gasteiger partial charge is 0.368 e. The third-order valence-corrected chi connectivity index (χ3v) is 4.99. The van der Waals surface area contributed by atoms with Gasteiger partial charge in [-0.15, -0.1) is 0 Å². The summed E-state index contributed by atoms with van der Waals surface area (Å²) >= 11 is 1.55. The summed E-state index contributed by atoms with van der Waals surface area (Å²) in [7, 11) is 0. The molecule has 0 saturated carbocycles. The van der Waals surface area contributed by atoms with Crippen molar-refractivity contribution in [3.8, 4) is 0 Å². The Bertz CT molecular complexity index is 800. The van der Waals surface area contributed by atoms with Crippen LogP contribution in [0, 0.1) is 13.8 Å². The van der Waals surface area contributed by atoms with Gasteiger partial charge in [0.15, 0.2) is 5.16 Å². The maximum Gasteiger partial charge on any atom is 0.269 e. The minimum absolute atomic E-state index is 0.317. The third-order valence-electron chi connectivity index (χ3n) is 4.07. The highest BCUT2D eigenvalue weighted by Crippen LogP contribution is 2.20. The van der Waals surface area contributed by atoms with Crippen molar-refractivity contribution in [2.75, 3.05) is 6.61 Å². The van der Waals surface area contributed by atoms with Gasteiger partial charge >= 0.3 is 0 Å². The molecule has 0 aliphatic carbocycles. The van der Waals surface area contributed by atoms with Gasteiger partial charge in [0.25, 0.3) is 11.8 Å². The van der Waals surface area contributed by atoms with Crippen molar-refractivity contribution < 1.29 is 14.3 Å². The van der Waals surface area contributed by atoms with Crippen LogP contribution in [0.3, 0.4) is 0 Å². The molecule has 1 aliphatic rings. The molecule has 8 heteroatoms. The van der Waals surface area contributed by atoms with Gasteiger partial charge in [-0.05, 0) is 50.5 Å². The van der Waals surface area contributed by atoms with Crippen molar-refractivity contribution in [3.05, 3.63) is 52.8 Å². The standard InChI is InChI=1S/C19H22N4O3S/c1-12-10-13(2)21-19(20-12)27-11-14-5-7-15(8-6-14)17(24)22-23-18(25)16-4-3-9-26-16/h5-8,10,16H,3-4,9,11H2,1-2H3,(H,22,24)(H,23,25). The number of thioether (sulfide) groups is 1. The van der Waals surface area contributed by atoms with Gasteiger partial charge < -0.3 is 4.74 Å². The molecule has 2 N–H and O–H groups in total. The number of aryl methyl sites for hydroxylation is 2. The second kappa shape index (κ2) is 8.96. The molecule has 2 aromatic rings. The second-order valence-electron chi connectivity index (χ2n) is 6.36. The Morgan fingerprint density at radius 1 is 1.15 bits per heavy atom. The molecule has 0 radical (unpaired) electrons. The molecule has 3 rings (SSSR count). The van der Waals surface area contributed by atoms with E-state index in [-0.39, 0.29) is 11.8 Å². The molecule has 142 valence electrons. The summed E-state index contributed by atoms with van der Waals surface area (Å²) in [6.07, 6.45) is 1.06. The van der Waals surface area contributed by atoms with Crippen molar-refractivity contribution >= 4 is 23.6 Å². The van der Waals surface area contributed by atoms with E-state index in [0.717, 1.165) is 28.5 Å². The zero-order valence-electron chi connectivity index (χ0n) is 15.3. The van der Waals surface area contributed by atoms with Gasteiger partial charge in [-0.3, -0.25) is 20.4 Å². The van der Waals surface area contributed by atoms with Crippen LogP contribution in [-0.4, -0.2) is 34.5 Å². The molecule has 2 amide bonds. The van der Waals surface area contributed by atoms with E-state index < -0.39 is 6.10 Å². The third kappa shape index (κ3) is 5.51. The molecule has 7 nitrogen and oxygen atoms in total. The fraction of sp³-hybridized carbons (Fsp3) is 0.368. The lowest BCUT2D eigenvalue weighted by Crippen LogP contribution is -2.46. The first-order chi connectivity index (χ1) is 13.0. The number of amides is 2. The Kier molecular flexibility index (Phi) is 6.41. The first-order valence-corrected chi connectivity index (χ1v) is 9.75. The quantitative estimate of drug-likeness (QED) is 0.465. The van der Waals surface area contributed by atoms with Gasteiger partial charge in [-0.25, -0.2) is 9.97 Å². The summed E-state index contributed by atoms with van der Waals surface area (Å²) in [5.41, 5.74) is 8.25. The van der Waals surface area contributed by atoms with E-state index in [4.69, 9.17) is 4.74 Å². The normalized spacial score (nSPS) is 16.1. The predicted molar refractivity (Wildman–Crippen MR) is 102 cm³/mol. The lowest BCUT2D eigenvalue weighted by Gasteiger charge is -2.11. The second-order valence-corrected chi connectivity index (χ2v) is 7.31. The maximum atomic E-state index is 12.1. The van der Waals surface area contributed by atoms with Crippen molar-refractivity contribution in [2.24, 2.45) is 0 Å². The predicted octanol–water partition coefficient (Wildman–Crippen LogP) is 2.33. The Balaban J connectivity index is 1.50. The summed E-state index contributed by atoms with van der Waals surface area (Å²) in [6, 6.07) is 9.16. The number of carbonyl (C=O) groups is 2. The number of nitrogens with one attached hydrogen (secondary N) is 2. The summed E-state index contributed by atoms with van der Waals surface area (Å²) in [5, 5.41) is 0.742. The smallest absolute Gasteiger partial charge is 0.269 e. The number of nitrogens with zero attached hydrogens (tertiary/aromatic N) is 2. The molecular weight excluding hydrogens is 364 g/mol. The van der Waals surface area contributed by atoms with E-state index in [1.165, 1.54) is 0 Å². The lowest BCUT2D eigenvalue weighted by atomic mass is 10.1. The lowest BCUT2D eigenvalue weighted by molar-refractivity contribution is -0.130. The average molecular weight is 386 g/mol. The van der Waals surface area contributed by atoms with Crippen LogP contribution < -0.4 is 10.9 Å². The first-order valence-electron chi connectivity index (χ1n) is 8.77. The Hall–Kier alpha value is -2.45. The first kappa shape index (κ1) is 19.3. The Morgan fingerprint density at radius 3 is 2.48 bits per heavy atom. The monoisotopic (exact) mass is 386 g/mol. The molecule has 1 fully saturated rings. The molecule has 27 heavy (non-hydrogen) atoms. The summed E-state index contributed by atoms with van der Waals surface area (Å²) < 4.78 is 5.27. The highest BCUT2D eigenvalue weighted by Gasteiger charge is 2.23. The summed E-state index contributed by atoms with van der Waals surface area (Å²) in [6.45, 7) is 4.48. The number of aromatic nitrogens is 2.